The Morgan fingerprint density at radius 3 is 1.56 bits per heavy atom. The molecule has 0 radical (unpaired) electrons. The largest absolute Gasteiger partial charge is 0.454 e. The molecule has 0 saturated carbocycles. The minimum absolute atomic E-state index is 0.812. The summed E-state index contributed by atoms with van der Waals surface area (Å²) in [6.45, 7) is 0. The van der Waals surface area contributed by atoms with E-state index in [9.17, 15) is 0 Å². The van der Waals surface area contributed by atoms with Crippen LogP contribution in [0.4, 0.5) is 0 Å². The van der Waals surface area contributed by atoms with E-state index in [1.165, 1.54) is 32.3 Å². The highest BCUT2D eigenvalue weighted by molar-refractivity contribution is 6.25. The van der Waals surface area contributed by atoms with Gasteiger partial charge in [-0.1, -0.05) is 146 Å². The van der Waals surface area contributed by atoms with Gasteiger partial charge in [-0.15, -0.1) is 0 Å². The number of aromatic nitrogens is 3. The molecule has 12 aromatic rings. The predicted molar refractivity (Wildman–Crippen MR) is 225 cm³/mol. The monoisotopic (exact) mass is 687 g/mol. The van der Waals surface area contributed by atoms with Crippen molar-refractivity contribution in [2.24, 2.45) is 0 Å². The van der Waals surface area contributed by atoms with Crippen LogP contribution in [0.25, 0.3) is 115 Å². The van der Waals surface area contributed by atoms with Crippen LogP contribution in [0.2, 0.25) is 0 Å². The number of hydrogen-bond donors (Lipinski definition) is 0. The van der Waals surface area contributed by atoms with Crippen molar-refractivity contribution in [2.75, 3.05) is 0 Å². The van der Waals surface area contributed by atoms with E-state index < -0.39 is 0 Å². The third-order valence-corrected chi connectivity index (χ3v) is 11.2. The highest BCUT2D eigenvalue weighted by atomic mass is 16.3. The average Bonchev–Trinajstić information content (AvgIpc) is 3.80. The molecule has 0 bridgehead atoms. The Bertz CT molecular complexity index is 3420. The molecule has 0 spiro atoms. The lowest BCUT2D eigenvalue weighted by Gasteiger charge is -2.16. The average molecular weight is 688 g/mol. The van der Waals surface area contributed by atoms with E-state index in [2.05, 4.69) is 150 Å². The number of para-hydroxylation sites is 3. The van der Waals surface area contributed by atoms with E-state index in [4.69, 9.17) is 14.4 Å². The van der Waals surface area contributed by atoms with Crippen molar-refractivity contribution in [1.29, 1.82) is 0 Å². The lowest BCUT2D eigenvalue weighted by Crippen LogP contribution is -1.99. The number of benzene rings is 9. The summed E-state index contributed by atoms with van der Waals surface area (Å²) in [5.41, 5.74) is 10.4. The van der Waals surface area contributed by atoms with E-state index >= 15 is 0 Å². The number of fused-ring (bicyclic) bond motifs is 12. The van der Waals surface area contributed by atoms with Crippen LogP contribution in [0.5, 0.6) is 0 Å². The molecule has 54 heavy (non-hydrogen) atoms. The summed E-state index contributed by atoms with van der Waals surface area (Å²) in [6.07, 6.45) is 0. The lowest BCUT2D eigenvalue weighted by atomic mass is 9.95. The maximum atomic E-state index is 7.03. The Balaban J connectivity index is 1.26. The van der Waals surface area contributed by atoms with Gasteiger partial charge < -0.3 is 8.98 Å². The lowest BCUT2D eigenvalue weighted by molar-refractivity contribution is 0.666. The second kappa shape index (κ2) is 11.1. The maximum Gasteiger partial charge on any atom is 0.160 e. The Hall–Kier alpha value is -7.30. The molecule has 0 fully saturated rings. The summed E-state index contributed by atoms with van der Waals surface area (Å²) in [5, 5.41) is 11.6. The van der Waals surface area contributed by atoms with Gasteiger partial charge in [0.15, 0.2) is 5.58 Å². The number of nitrogens with zero attached hydrogens (tertiary/aromatic N) is 3. The molecule has 0 atom stereocenters. The zero-order valence-electron chi connectivity index (χ0n) is 29.0. The van der Waals surface area contributed by atoms with Crippen molar-refractivity contribution >= 4 is 87.1 Å². The van der Waals surface area contributed by atoms with Gasteiger partial charge in [0.2, 0.25) is 0 Å². The second-order valence-electron chi connectivity index (χ2n) is 14.1. The van der Waals surface area contributed by atoms with Gasteiger partial charge >= 0.3 is 0 Å². The van der Waals surface area contributed by atoms with Gasteiger partial charge in [0, 0.05) is 43.4 Å². The Morgan fingerprint density at radius 2 is 0.889 bits per heavy atom. The van der Waals surface area contributed by atoms with E-state index in [1.807, 2.05) is 30.3 Å². The molecule has 3 aromatic heterocycles. The van der Waals surface area contributed by atoms with E-state index in [0.29, 0.717) is 0 Å². The van der Waals surface area contributed by atoms with Gasteiger partial charge in [-0.2, -0.15) is 0 Å². The molecular formula is C50H29N3O. The van der Waals surface area contributed by atoms with Gasteiger partial charge in [0.25, 0.3) is 0 Å². The third kappa shape index (κ3) is 4.08. The van der Waals surface area contributed by atoms with Crippen molar-refractivity contribution in [1.82, 2.24) is 14.5 Å². The highest BCUT2D eigenvalue weighted by Gasteiger charge is 2.25. The third-order valence-electron chi connectivity index (χ3n) is 11.2. The zero-order chi connectivity index (χ0) is 35.3. The summed E-state index contributed by atoms with van der Waals surface area (Å²) >= 11 is 0. The summed E-state index contributed by atoms with van der Waals surface area (Å²) < 4.78 is 9.47. The summed E-state index contributed by atoms with van der Waals surface area (Å²) in [6, 6.07) is 62.3. The molecule has 250 valence electrons. The maximum absolute atomic E-state index is 7.03. The first kappa shape index (κ1) is 29.3. The van der Waals surface area contributed by atoms with Crippen LogP contribution < -0.4 is 0 Å². The topological polar surface area (TPSA) is 43.9 Å². The normalized spacial score (nSPS) is 12.1. The fraction of sp³-hybridized carbons (Fsp3) is 0. The first-order valence-electron chi connectivity index (χ1n) is 18.3. The van der Waals surface area contributed by atoms with Gasteiger partial charge in [0.05, 0.1) is 39.1 Å². The molecule has 9 aromatic carbocycles. The summed E-state index contributed by atoms with van der Waals surface area (Å²) in [5.74, 6) is 0. The molecular weight excluding hydrogens is 659 g/mol. The predicted octanol–water partition coefficient (Wildman–Crippen LogP) is 13.4. The summed E-state index contributed by atoms with van der Waals surface area (Å²) in [7, 11) is 0. The van der Waals surface area contributed by atoms with E-state index in [1.54, 1.807) is 0 Å². The van der Waals surface area contributed by atoms with Crippen LogP contribution in [0.15, 0.2) is 180 Å². The van der Waals surface area contributed by atoms with Gasteiger partial charge in [-0.25, -0.2) is 9.97 Å². The van der Waals surface area contributed by atoms with Gasteiger partial charge in [-0.3, -0.25) is 0 Å². The molecule has 0 saturated heterocycles. The van der Waals surface area contributed by atoms with Crippen molar-refractivity contribution in [3.63, 3.8) is 0 Å². The smallest absolute Gasteiger partial charge is 0.160 e. The van der Waals surface area contributed by atoms with Gasteiger partial charge in [-0.05, 0) is 51.9 Å². The molecule has 0 aliphatic heterocycles. The minimum Gasteiger partial charge on any atom is -0.454 e. The molecule has 0 aliphatic carbocycles. The first-order valence-corrected chi connectivity index (χ1v) is 18.3. The number of furan rings is 1. The van der Waals surface area contributed by atoms with Crippen LogP contribution in [0, 0.1) is 0 Å². The minimum atomic E-state index is 0.812. The standard InChI is InChI=1S/C50H29N3O/c1-4-16-33-30(12-1)15-11-20-36(33)46-47(52-42-22-9-8-21-41(42)51-46)40-28-29-43(50-45(40)39-19-7-10-23-44(39)54-50)53-48-34-17-5-2-13-31(34)24-26-37(48)38-27-25-32-14-3-6-18-35(32)49(38)53/h1-29H. The highest BCUT2D eigenvalue weighted by Crippen LogP contribution is 2.46. The fourth-order valence-electron chi connectivity index (χ4n) is 8.77. The van der Waals surface area contributed by atoms with Crippen LogP contribution in [-0.2, 0) is 0 Å². The first-order chi connectivity index (χ1) is 26.8. The van der Waals surface area contributed by atoms with Crippen molar-refractivity contribution in [2.45, 2.75) is 0 Å². The van der Waals surface area contributed by atoms with Crippen molar-refractivity contribution in [3.8, 4) is 28.2 Å². The SMILES string of the molecule is c1ccc2c(-c3nc4ccccc4nc3-c3ccc(-n4c5c6ccccc6ccc5c5ccc6ccccc6c54)c4oc5ccccc5c34)cccc2c1. The molecule has 0 unspecified atom stereocenters. The van der Waals surface area contributed by atoms with Gasteiger partial charge in [0.1, 0.15) is 5.58 Å². The van der Waals surface area contributed by atoms with E-state index in [0.717, 1.165) is 83.0 Å². The molecule has 0 N–H and O–H groups in total. The molecule has 4 heteroatoms. The molecule has 12 rings (SSSR count). The second-order valence-corrected chi connectivity index (χ2v) is 14.1. The van der Waals surface area contributed by atoms with Crippen LogP contribution in [-0.4, -0.2) is 14.5 Å². The number of rotatable bonds is 3. The molecule has 0 aliphatic rings. The van der Waals surface area contributed by atoms with Crippen LogP contribution in [0.1, 0.15) is 0 Å². The Morgan fingerprint density at radius 1 is 0.370 bits per heavy atom. The zero-order valence-corrected chi connectivity index (χ0v) is 29.0. The van der Waals surface area contributed by atoms with Crippen LogP contribution >= 0.6 is 0 Å². The molecule has 3 heterocycles. The Labute approximate surface area is 309 Å². The Kier molecular flexibility index (Phi) is 6.02. The quantitative estimate of drug-likeness (QED) is 0.186. The molecule has 4 nitrogen and oxygen atoms in total. The van der Waals surface area contributed by atoms with Crippen molar-refractivity contribution < 1.29 is 4.42 Å². The fourth-order valence-corrected chi connectivity index (χ4v) is 8.77. The van der Waals surface area contributed by atoms with Crippen molar-refractivity contribution in [3.05, 3.63) is 176 Å². The van der Waals surface area contributed by atoms with E-state index in [-0.39, 0.29) is 0 Å². The summed E-state index contributed by atoms with van der Waals surface area (Å²) in [4.78, 5) is 10.8. The number of hydrogen-bond acceptors (Lipinski definition) is 3. The van der Waals surface area contributed by atoms with Crippen LogP contribution in [0.3, 0.4) is 0 Å². The molecule has 0 amide bonds.